The van der Waals surface area contributed by atoms with Crippen molar-refractivity contribution in [2.45, 2.75) is 45.9 Å². The molecule has 0 saturated carbocycles. The summed E-state index contributed by atoms with van der Waals surface area (Å²) in [5.74, 6) is -0.172. The van der Waals surface area contributed by atoms with Crippen LogP contribution in [0.4, 0.5) is 0 Å². The Hall–Kier alpha value is -2.25. The van der Waals surface area contributed by atoms with Gasteiger partial charge in [0.25, 0.3) is 5.56 Å². The molecule has 1 fully saturated rings. The fraction of sp³-hybridized carbons (Fsp3) is 0.550. The quantitative estimate of drug-likeness (QED) is 0.774. The number of fused-ring (bicyclic) bond motifs is 1. The first-order chi connectivity index (χ1) is 12.9. The van der Waals surface area contributed by atoms with Gasteiger partial charge in [-0.05, 0) is 38.8 Å². The van der Waals surface area contributed by atoms with Crippen molar-refractivity contribution in [2.24, 2.45) is 0 Å². The van der Waals surface area contributed by atoms with E-state index in [1.807, 2.05) is 19.1 Å². The molecule has 7 heteroatoms. The zero-order valence-electron chi connectivity index (χ0n) is 16.3. The van der Waals surface area contributed by atoms with Gasteiger partial charge >= 0.3 is 0 Å². The SMILES string of the molecule is Cc1cccc2c(=O)n(CC(=O)NCCCN3CC(C)OC(C)C3)cnc12. The average Bonchev–Trinajstić information content (AvgIpc) is 2.61. The van der Waals surface area contributed by atoms with Crippen molar-refractivity contribution in [3.05, 3.63) is 40.4 Å². The first-order valence-electron chi connectivity index (χ1n) is 9.53. The number of hydrogen-bond donors (Lipinski definition) is 1. The number of aryl methyl sites for hydroxylation is 1. The number of nitrogens with zero attached hydrogens (tertiary/aromatic N) is 3. The lowest BCUT2D eigenvalue weighted by Crippen LogP contribution is -2.46. The van der Waals surface area contributed by atoms with Gasteiger partial charge in [-0.1, -0.05) is 12.1 Å². The summed E-state index contributed by atoms with van der Waals surface area (Å²) in [6.07, 6.45) is 2.82. The van der Waals surface area contributed by atoms with Crippen LogP contribution in [0, 0.1) is 6.92 Å². The predicted octanol–water partition coefficient (Wildman–Crippen LogP) is 1.32. The van der Waals surface area contributed by atoms with E-state index >= 15 is 0 Å². The number of para-hydroxylation sites is 1. The molecule has 0 aliphatic carbocycles. The molecule has 0 radical (unpaired) electrons. The van der Waals surface area contributed by atoms with E-state index < -0.39 is 0 Å². The van der Waals surface area contributed by atoms with Crippen LogP contribution in [0.5, 0.6) is 0 Å². The highest BCUT2D eigenvalue weighted by molar-refractivity contribution is 5.81. The van der Waals surface area contributed by atoms with Gasteiger partial charge < -0.3 is 10.1 Å². The largest absolute Gasteiger partial charge is 0.373 e. The summed E-state index contributed by atoms with van der Waals surface area (Å²) < 4.78 is 7.09. The molecule has 1 N–H and O–H groups in total. The second-order valence-electron chi connectivity index (χ2n) is 7.37. The maximum atomic E-state index is 12.5. The van der Waals surface area contributed by atoms with E-state index in [2.05, 4.69) is 29.0 Å². The highest BCUT2D eigenvalue weighted by Crippen LogP contribution is 2.11. The van der Waals surface area contributed by atoms with Crippen LogP contribution in [-0.4, -0.2) is 58.7 Å². The number of hydrogen-bond acceptors (Lipinski definition) is 5. The third-order valence-electron chi connectivity index (χ3n) is 4.84. The second-order valence-corrected chi connectivity index (χ2v) is 7.37. The fourth-order valence-electron chi connectivity index (χ4n) is 3.66. The van der Waals surface area contributed by atoms with Crippen LogP contribution < -0.4 is 10.9 Å². The summed E-state index contributed by atoms with van der Waals surface area (Å²) in [5.41, 5.74) is 1.45. The Morgan fingerprint density at radius 1 is 1.30 bits per heavy atom. The maximum Gasteiger partial charge on any atom is 0.261 e. The van der Waals surface area contributed by atoms with Gasteiger partial charge in [-0.2, -0.15) is 0 Å². The Bertz CT molecular complexity index is 854. The zero-order chi connectivity index (χ0) is 19.4. The number of morpholine rings is 1. The molecule has 2 aromatic rings. The van der Waals surface area contributed by atoms with Gasteiger partial charge in [-0.25, -0.2) is 4.98 Å². The predicted molar refractivity (Wildman–Crippen MR) is 105 cm³/mol. The molecule has 2 unspecified atom stereocenters. The first kappa shape index (κ1) is 19.5. The van der Waals surface area contributed by atoms with E-state index in [0.29, 0.717) is 17.4 Å². The molecule has 0 spiro atoms. The third kappa shape index (κ3) is 4.93. The van der Waals surface area contributed by atoms with Gasteiger partial charge in [0.15, 0.2) is 0 Å². The summed E-state index contributed by atoms with van der Waals surface area (Å²) in [6.45, 7) is 9.44. The monoisotopic (exact) mass is 372 g/mol. The van der Waals surface area contributed by atoms with Crippen molar-refractivity contribution < 1.29 is 9.53 Å². The zero-order valence-corrected chi connectivity index (χ0v) is 16.3. The smallest absolute Gasteiger partial charge is 0.261 e. The van der Waals surface area contributed by atoms with Crippen LogP contribution in [-0.2, 0) is 16.1 Å². The lowest BCUT2D eigenvalue weighted by atomic mass is 10.1. The van der Waals surface area contributed by atoms with Crippen LogP contribution in [0.15, 0.2) is 29.3 Å². The van der Waals surface area contributed by atoms with Gasteiger partial charge in [0, 0.05) is 26.2 Å². The van der Waals surface area contributed by atoms with E-state index in [9.17, 15) is 9.59 Å². The number of rotatable bonds is 6. The molecule has 1 amide bonds. The Morgan fingerprint density at radius 3 is 2.78 bits per heavy atom. The summed E-state index contributed by atoms with van der Waals surface area (Å²) in [4.78, 5) is 31.4. The Morgan fingerprint density at radius 2 is 2.04 bits per heavy atom. The summed E-state index contributed by atoms with van der Waals surface area (Å²) in [6, 6.07) is 5.50. The highest BCUT2D eigenvalue weighted by Gasteiger charge is 2.21. The second kappa shape index (κ2) is 8.63. The van der Waals surface area contributed by atoms with Crippen LogP contribution in [0.1, 0.15) is 25.8 Å². The van der Waals surface area contributed by atoms with Crippen LogP contribution >= 0.6 is 0 Å². The fourth-order valence-corrected chi connectivity index (χ4v) is 3.66. The molecule has 1 aromatic carbocycles. The van der Waals surface area contributed by atoms with Crippen molar-refractivity contribution in [2.75, 3.05) is 26.2 Å². The van der Waals surface area contributed by atoms with E-state index in [4.69, 9.17) is 4.74 Å². The highest BCUT2D eigenvalue weighted by atomic mass is 16.5. The van der Waals surface area contributed by atoms with Crippen molar-refractivity contribution in [3.63, 3.8) is 0 Å². The summed E-state index contributed by atoms with van der Waals surface area (Å²) >= 11 is 0. The van der Waals surface area contributed by atoms with Crippen molar-refractivity contribution >= 4 is 16.8 Å². The van der Waals surface area contributed by atoms with Crippen molar-refractivity contribution in [1.29, 1.82) is 0 Å². The molecule has 7 nitrogen and oxygen atoms in total. The number of nitrogens with one attached hydrogen (secondary N) is 1. The number of amides is 1. The number of ether oxygens (including phenoxy) is 1. The Balaban J connectivity index is 1.49. The summed E-state index contributed by atoms with van der Waals surface area (Å²) in [7, 11) is 0. The number of carbonyl (C=O) groups excluding carboxylic acids is 1. The molecule has 2 heterocycles. The van der Waals surface area contributed by atoms with Crippen LogP contribution in [0.3, 0.4) is 0 Å². The van der Waals surface area contributed by atoms with Gasteiger partial charge in [0.2, 0.25) is 5.91 Å². The molecule has 146 valence electrons. The third-order valence-corrected chi connectivity index (χ3v) is 4.84. The average molecular weight is 372 g/mol. The molecule has 1 aliphatic heterocycles. The lowest BCUT2D eigenvalue weighted by molar-refractivity contribution is -0.121. The molecule has 3 rings (SSSR count). The molecule has 1 aliphatic rings. The normalized spacial score (nSPS) is 20.7. The van der Waals surface area contributed by atoms with E-state index in [1.165, 1.54) is 10.9 Å². The van der Waals surface area contributed by atoms with Gasteiger partial charge in [0.05, 0.1) is 29.4 Å². The van der Waals surface area contributed by atoms with Crippen LogP contribution in [0.25, 0.3) is 10.9 Å². The molecule has 0 bridgehead atoms. The number of benzene rings is 1. The van der Waals surface area contributed by atoms with E-state index in [1.54, 1.807) is 6.07 Å². The van der Waals surface area contributed by atoms with E-state index in [-0.39, 0.29) is 30.2 Å². The molecular weight excluding hydrogens is 344 g/mol. The minimum Gasteiger partial charge on any atom is -0.373 e. The standard InChI is InChI=1S/C20H28N4O3/c1-14-6-4-7-17-19(14)22-13-24(20(17)26)12-18(25)21-8-5-9-23-10-15(2)27-16(3)11-23/h4,6-7,13,15-16H,5,8-12H2,1-3H3,(H,21,25). The Labute approximate surface area is 159 Å². The minimum absolute atomic E-state index is 0.0126. The van der Waals surface area contributed by atoms with Gasteiger partial charge in [-0.15, -0.1) is 0 Å². The first-order valence-corrected chi connectivity index (χ1v) is 9.53. The lowest BCUT2D eigenvalue weighted by Gasteiger charge is -2.35. The van der Waals surface area contributed by atoms with Gasteiger partial charge in [0.1, 0.15) is 6.54 Å². The number of aromatic nitrogens is 2. The number of carbonyl (C=O) groups is 1. The van der Waals surface area contributed by atoms with Crippen molar-refractivity contribution in [1.82, 2.24) is 19.8 Å². The van der Waals surface area contributed by atoms with E-state index in [0.717, 1.165) is 31.6 Å². The Kier molecular flexibility index (Phi) is 6.23. The minimum atomic E-state index is -0.185. The van der Waals surface area contributed by atoms with Crippen LogP contribution in [0.2, 0.25) is 0 Å². The van der Waals surface area contributed by atoms with Crippen molar-refractivity contribution in [3.8, 4) is 0 Å². The summed E-state index contributed by atoms with van der Waals surface area (Å²) in [5, 5.41) is 3.44. The molecular formula is C20H28N4O3. The molecule has 1 saturated heterocycles. The molecule has 27 heavy (non-hydrogen) atoms. The maximum absolute atomic E-state index is 12.5. The molecule has 1 aromatic heterocycles. The topological polar surface area (TPSA) is 76.5 Å². The molecule has 2 atom stereocenters. The van der Waals surface area contributed by atoms with Gasteiger partial charge in [-0.3, -0.25) is 19.1 Å².